The van der Waals surface area contributed by atoms with Crippen molar-refractivity contribution in [3.05, 3.63) is 0 Å². The summed E-state index contributed by atoms with van der Waals surface area (Å²) in [6.45, 7) is 4.85. The van der Waals surface area contributed by atoms with Crippen LogP contribution in [0.25, 0.3) is 0 Å². The summed E-state index contributed by atoms with van der Waals surface area (Å²) in [4.78, 5) is 35.7. The Morgan fingerprint density at radius 3 is 2.58 bits per heavy atom. The van der Waals surface area contributed by atoms with Gasteiger partial charge in [0.1, 0.15) is 6.04 Å². The summed E-state index contributed by atoms with van der Waals surface area (Å²) in [6, 6.07) is -0.782. The van der Waals surface area contributed by atoms with E-state index in [9.17, 15) is 14.4 Å². The Hall–Kier alpha value is -1.79. The Morgan fingerprint density at radius 2 is 2.05 bits per heavy atom. The molecule has 19 heavy (non-hydrogen) atoms. The highest BCUT2D eigenvalue weighted by Crippen LogP contribution is 2.13. The molecule has 1 aliphatic rings. The molecule has 1 fully saturated rings. The van der Waals surface area contributed by atoms with E-state index in [0.29, 0.717) is 19.5 Å². The first kappa shape index (κ1) is 15.3. The summed E-state index contributed by atoms with van der Waals surface area (Å²) in [6.07, 6.45) is 1.28. The van der Waals surface area contributed by atoms with Crippen LogP contribution in [-0.4, -0.2) is 55.5 Å². The van der Waals surface area contributed by atoms with Crippen molar-refractivity contribution in [3.63, 3.8) is 0 Å². The van der Waals surface area contributed by atoms with E-state index in [-0.39, 0.29) is 23.9 Å². The lowest BCUT2D eigenvalue weighted by Crippen LogP contribution is -2.49. The van der Waals surface area contributed by atoms with E-state index in [1.54, 1.807) is 11.9 Å². The van der Waals surface area contributed by atoms with Gasteiger partial charge in [-0.1, -0.05) is 13.8 Å². The average molecular weight is 270 g/mol. The molecule has 0 radical (unpaired) electrons. The molecule has 0 saturated carbocycles. The zero-order valence-corrected chi connectivity index (χ0v) is 11.6. The highest BCUT2D eigenvalue weighted by atomic mass is 16.2. The maximum absolute atomic E-state index is 12.3. The van der Waals surface area contributed by atoms with E-state index in [1.807, 2.05) is 13.8 Å². The molecule has 0 spiro atoms. The third kappa shape index (κ3) is 4.11. The third-order valence-corrected chi connectivity index (χ3v) is 3.24. The van der Waals surface area contributed by atoms with Gasteiger partial charge < -0.3 is 20.9 Å². The average Bonchev–Trinajstić information content (AvgIpc) is 2.83. The van der Waals surface area contributed by atoms with Gasteiger partial charge in [-0.05, 0) is 12.3 Å². The zero-order chi connectivity index (χ0) is 14.4. The van der Waals surface area contributed by atoms with Gasteiger partial charge in [0.15, 0.2) is 0 Å². The molecule has 2 atom stereocenters. The van der Waals surface area contributed by atoms with E-state index in [0.717, 1.165) is 6.42 Å². The lowest BCUT2D eigenvalue weighted by molar-refractivity contribution is -0.135. The Bertz CT molecular complexity index is 346. The van der Waals surface area contributed by atoms with Gasteiger partial charge in [-0.25, -0.2) is 4.79 Å². The van der Waals surface area contributed by atoms with Gasteiger partial charge in [-0.2, -0.15) is 0 Å². The molecule has 108 valence electrons. The van der Waals surface area contributed by atoms with Crippen LogP contribution in [0.4, 0.5) is 4.79 Å². The Morgan fingerprint density at radius 1 is 1.37 bits per heavy atom. The number of nitrogens with zero attached hydrogens (tertiary/aromatic N) is 1. The molecule has 0 aliphatic carbocycles. The number of carbonyl (C=O) groups excluding carboxylic acids is 3. The minimum absolute atomic E-state index is 0.0312. The van der Waals surface area contributed by atoms with E-state index >= 15 is 0 Å². The molecule has 3 N–H and O–H groups in total. The number of nitrogens with one attached hydrogen (secondary N) is 3. The van der Waals surface area contributed by atoms with Gasteiger partial charge in [-0.3, -0.25) is 9.59 Å². The van der Waals surface area contributed by atoms with E-state index in [1.165, 1.54) is 0 Å². The van der Waals surface area contributed by atoms with Crippen LogP contribution in [-0.2, 0) is 9.59 Å². The second-order valence-electron chi connectivity index (χ2n) is 5.00. The standard InChI is InChI=1S/C12H22N4O3/c1-8(2)10(14-7-17)11(18)16-5-4-9(6-16)15-12(19)13-3/h7-10H,4-6H2,1-3H3,(H,14,17)(H2,13,15,19)/t9-,10-/m0/s1. The predicted octanol–water partition coefficient (Wildman–Crippen LogP) is -0.713. The van der Waals surface area contributed by atoms with Crippen LogP contribution in [0.15, 0.2) is 0 Å². The first-order valence-electron chi connectivity index (χ1n) is 6.46. The van der Waals surface area contributed by atoms with Crippen LogP contribution in [0.1, 0.15) is 20.3 Å². The van der Waals surface area contributed by atoms with Crippen LogP contribution in [0.3, 0.4) is 0 Å². The number of carbonyl (C=O) groups is 3. The van der Waals surface area contributed by atoms with E-state index < -0.39 is 6.04 Å². The van der Waals surface area contributed by atoms with Crippen molar-refractivity contribution in [1.29, 1.82) is 0 Å². The maximum atomic E-state index is 12.3. The van der Waals surface area contributed by atoms with Crippen molar-refractivity contribution in [2.45, 2.75) is 32.4 Å². The fourth-order valence-electron chi connectivity index (χ4n) is 2.15. The van der Waals surface area contributed by atoms with Gasteiger partial charge in [-0.15, -0.1) is 0 Å². The molecule has 0 bridgehead atoms. The molecule has 0 aromatic carbocycles. The minimum Gasteiger partial charge on any atom is -0.347 e. The summed E-state index contributed by atoms with van der Waals surface area (Å²) in [5.41, 5.74) is 0. The summed E-state index contributed by atoms with van der Waals surface area (Å²) < 4.78 is 0. The monoisotopic (exact) mass is 270 g/mol. The smallest absolute Gasteiger partial charge is 0.314 e. The normalized spacial score (nSPS) is 20.0. The molecular formula is C12H22N4O3. The largest absolute Gasteiger partial charge is 0.347 e. The molecule has 1 rings (SSSR count). The van der Waals surface area contributed by atoms with Crippen LogP contribution in [0.2, 0.25) is 0 Å². The first-order valence-corrected chi connectivity index (χ1v) is 6.46. The second-order valence-corrected chi connectivity index (χ2v) is 5.00. The predicted molar refractivity (Wildman–Crippen MR) is 70.4 cm³/mol. The minimum atomic E-state index is -0.503. The van der Waals surface area contributed by atoms with Crippen molar-refractivity contribution < 1.29 is 14.4 Å². The summed E-state index contributed by atoms with van der Waals surface area (Å²) in [5, 5.41) is 7.82. The molecule has 7 nitrogen and oxygen atoms in total. The fourth-order valence-corrected chi connectivity index (χ4v) is 2.15. The number of rotatable bonds is 5. The highest BCUT2D eigenvalue weighted by Gasteiger charge is 2.32. The topological polar surface area (TPSA) is 90.5 Å². The van der Waals surface area contributed by atoms with Gasteiger partial charge in [0, 0.05) is 26.2 Å². The molecule has 0 aromatic rings. The molecule has 1 saturated heterocycles. The van der Waals surface area contributed by atoms with Crippen LogP contribution in [0, 0.1) is 5.92 Å². The number of likely N-dealkylation sites (tertiary alicyclic amines) is 1. The first-order chi connectivity index (χ1) is 8.99. The highest BCUT2D eigenvalue weighted by molar-refractivity contribution is 5.84. The van der Waals surface area contributed by atoms with Crippen molar-refractivity contribution in [3.8, 4) is 0 Å². The summed E-state index contributed by atoms with van der Waals surface area (Å²) in [5.74, 6) is -0.0630. The van der Waals surface area contributed by atoms with Gasteiger partial charge >= 0.3 is 6.03 Å². The number of hydrogen-bond donors (Lipinski definition) is 3. The summed E-state index contributed by atoms with van der Waals surface area (Å²) in [7, 11) is 1.55. The lowest BCUT2D eigenvalue weighted by Gasteiger charge is -2.25. The Balaban J connectivity index is 2.55. The van der Waals surface area contributed by atoms with Gasteiger partial charge in [0.2, 0.25) is 12.3 Å². The Labute approximate surface area is 113 Å². The maximum Gasteiger partial charge on any atom is 0.314 e. The molecular weight excluding hydrogens is 248 g/mol. The zero-order valence-electron chi connectivity index (χ0n) is 11.6. The van der Waals surface area contributed by atoms with Crippen molar-refractivity contribution in [1.82, 2.24) is 20.9 Å². The molecule has 0 unspecified atom stereocenters. The molecule has 1 aliphatic heterocycles. The number of amides is 4. The fraction of sp³-hybridized carbons (Fsp3) is 0.750. The molecule has 1 heterocycles. The number of urea groups is 1. The van der Waals surface area contributed by atoms with E-state index in [2.05, 4.69) is 16.0 Å². The molecule has 0 aromatic heterocycles. The quantitative estimate of drug-likeness (QED) is 0.576. The van der Waals surface area contributed by atoms with E-state index in [4.69, 9.17) is 0 Å². The van der Waals surface area contributed by atoms with Crippen molar-refractivity contribution in [2.75, 3.05) is 20.1 Å². The third-order valence-electron chi connectivity index (χ3n) is 3.24. The van der Waals surface area contributed by atoms with Crippen LogP contribution < -0.4 is 16.0 Å². The molecule has 4 amide bonds. The Kier molecular flexibility index (Phi) is 5.59. The van der Waals surface area contributed by atoms with Crippen molar-refractivity contribution in [2.24, 2.45) is 5.92 Å². The number of hydrogen-bond acceptors (Lipinski definition) is 3. The van der Waals surface area contributed by atoms with Crippen molar-refractivity contribution >= 4 is 18.3 Å². The lowest BCUT2D eigenvalue weighted by atomic mass is 10.0. The van der Waals surface area contributed by atoms with Gasteiger partial charge in [0.05, 0.1) is 0 Å². The molecule has 7 heteroatoms. The van der Waals surface area contributed by atoms with Crippen LogP contribution in [0.5, 0.6) is 0 Å². The summed E-state index contributed by atoms with van der Waals surface area (Å²) >= 11 is 0. The van der Waals surface area contributed by atoms with Crippen LogP contribution >= 0.6 is 0 Å². The SMILES string of the molecule is CNC(=O)N[C@H]1CCN(C(=O)[C@@H](NC=O)C(C)C)C1. The van der Waals surface area contributed by atoms with Gasteiger partial charge in [0.25, 0.3) is 0 Å². The second kappa shape index (κ2) is 6.96.